The van der Waals surface area contributed by atoms with Gasteiger partial charge in [0, 0.05) is 22.1 Å². The van der Waals surface area contributed by atoms with Crippen LogP contribution in [0.1, 0.15) is 5.56 Å². The molecule has 0 aliphatic rings. The number of hydrogen-bond donors (Lipinski definition) is 2. The normalized spacial score (nSPS) is 12.0. The summed E-state index contributed by atoms with van der Waals surface area (Å²) in [5, 5.41) is 15.0. The van der Waals surface area contributed by atoms with Crippen LogP contribution in [-0.4, -0.2) is 20.8 Å². The van der Waals surface area contributed by atoms with E-state index >= 15 is 0 Å². The molecule has 0 spiro atoms. The third-order valence-corrected chi connectivity index (χ3v) is 9.89. The molecule has 0 fully saturated rings. The minimum atomic E-state index is 0.159. The standard InChI is InChI=1S/C42H27N5S/c43-40(47-41-38(28-11-3-1-4-12-28)44-34-17-9-10-18-35(34)45-41)32-16-8-7-15-31(32)30-22-20-26-19-21-27-23-24-36-39(37(27)33(26)25-30)48-42(46-36)29-13-5-2-6-14-29/h1-25H,(H2,43,45,47). The lowest BCUT2D eigenvalue weighted by molar-refractivity contribution is 1.15. The van der Waals surface area contributed by atoms with Crippen molar-refractivity contribution in [1.82, 2.24) is 15.0 Å². The van der Waals surface area contributed by atoms with E-state index in [9.17, 15) is 5.41 Å². The minimum absolute atomic E-state index is 0.159. The Morgan fingerprint density at radius 1 is 0.604 bits per heavy atom. The number of hydrogen-bond acceptors (Lipinski definition) is 4. The van der Waals surface area contributed by atoms with E-state index in [0.29, 0.717) is 11.2 Å². The van der Waals surface area contributed by atoms with Gasteiger partial charge in [0.05, 0.1) is 21.3 Å². The van der Waals surface area contributed by atoms with Gasteiger partial charge in [-0.15, -0.1) is 11.3 Å². The summed E-state index contributed by atoms with van der Waals surface area (Å²) in [5.74, 6) is 0.159. The van der Waals surface area contributed by atoms with E-state index in [4.69, 9.17) is 15.0 Å². The molecule has 5 nitrogen and oxygen atoms in total. The summed E-state index contributed by atoms with van der Waals surface area (Å²) in [6.45, 7) is 0. The van der Waals surface area contributed by atoms with Crippen molar-refractivity contribution < 1.29 is 0 Å². The van der Waals surface area contributed by atoms with Crippen molar-refractivity contribution in [2.45, 2.75) is 0 Å². The van der Waals surface area contributed by atoms with Crippen LogP contribution in [0.5, 0.6) is 0 Å². The summed E-state index contributed by atoms with van der Waals surface area (Å²) in [4.78, 5) is 18.3. The molecule has 0 radical (unpaired) electrons. The van der Waals surface area contributed by atoms with Gasteiger partial charge in [0.2, 0.25) is 0 Å². The van der Waals surface area contributed by atoms with Crippen molar-refractivity contribution in [1.29, 1.82) is 5.41 Å². The maximum atomic E-state index is 9.29. The molecule has 0 bridgehead atoms. The number of nitrogens with one attached hydrogen (secondary N) is 2. The van der Waals surface area contributed by atoms with Gasteiger partial charge < -0.3 is 4.98 Å². The highest BCUT2D eigenvalue weighted by atomic mass is 32.1. The predicted molar refractivity (Wildman–Crippen MR) is 199 cm³/mol. The summed E-state index contributed by atoms with van der Waals surface area (Å²) in [7, 11) is 0. The quantitative estimate of drug-likeness (QED) is 0.115. The molecule has 0 saturated carbocycles. The fourth-order valence-electron chi connectivity index (χ4n) is 6.42. The molecular formula is C42H27N5S. The van der Waals surface area contributed by atoms with E-state index in [1.807, 2.05) is 78.9 Å². The number of rotatable bonds is 4. The molecule has 6 heteroatoms. The molecule has 48 heavy (non-hydrogen) atoms. The highest BCUT2D eigenvalue weighted by Gasteiger charge is 2.15. The van der Waals surface area contributed by atoms with Gasteiger partial charge in [-0.1, -0.05) is 127 Å². The van der Waals surface area contributed by atoms with Crippen molar-refractivity contribution >= 4 is 60.0 Å². The fraction of sp³-hybridized carbons (Fsp3) is 0. The van der Waals surface area contributed by atoms with Crippen LogP contribution in [0.25, 0.3) is 75.8 Å². The lowest BCUT2D eigenvalue weighted by Crippen LogP contribution is -2.17. The molecule has 2 aromatic heterocycles. The Bertz CT molecular complexity index is 2740. The third kappa shape index (κ3) is 4.87. The Hall–Kier alpha value is -6.24. The van der Waals surface area contributed by atoms with Crippen molar-refractivity contribution in [2.75, 3.05) is 0 Å². The zero-order chi connectivity index (χ0) is 32.0. The van der Waals surface area contributed by atoms with Crippen LogP contribution in [0.2, 0.25) is 0 Å². The second-order valence-electron chi connectivity index (χ2n) is 11.7. The Morgan fingerprint density at radius 3 is 2.15 bits per heavy atom. The van der Waals surface area contributed by atoms with Crippen LogP contribution in [0.3, 0.4) is 0 Å². The van der Waals surface area contributed by atoms with Gasteiger partial charge in [0.1, 0.15) is 10.7 Å². The summed E-state index contributed by atoms with van der Waals surface area (Å²) in [6, 6.07) is 51.5. The Labute approximate surface area is 280 Å². The molecule has 7 aromatic carbocycles. The van der Waals surface area contributed by atoms with E-state index in [1.165, 1.54) is 15.5 Å². The topological polar surface area (TPSA) is 77.8 Å². The number of fused-ring (bicyclic) bond motifs is 6. The monoisotopic (exact) mass is 633 g/mol. The van der Waals surface area contributed by atoms with Crippen LogP contribution in [0.15, 0.2) is 157 Å². The summed E-state index contributed by atoms with van der Waals surface area (Å²) in [6.07, 6.45) is 0. The number of thiazole rings is 1. The Morgan fingerprint density at radius 2 is 1.29 bits per heavy atom. The number of H-pyrrole nitrogens is 1. The lowest BCUT2D eigenvalue weighted by Gasteiger charge is -2.12. The zero-order valence-electron chi connectivity index (χ0n) is 25.7. The average molecular weight is 634 g/mol. The van der Waals surface area contributed by atoms with E-state index < -0.39 is 0 Å². The summed E-state index contributed by atoms with van der Waals surface area (Å²) >= 11 is 1.74. The molecule has 0 aliphatic carbocycles. The minimum Gasteiger partial charge on any atom is -0.337 e. The molecule has 0 aliphatic heterocycles. The number of benzene rings is 7. The Kier molecular flexibility index (Phi) is 6.73. The van der Waals surface area contributed by atoms with Crippen LogP contribution in [0.4, 0.5) is 0 Å². The van der Waals surface area contributed by atoms with Gasteiger partial charge >= 0.3 is 0 Å². The number of aromatic nitrogens is 3. The molecule has 0 saturated heterocycles. The molecule has 0 unspecified atom stereocenters. The van der Waals surface area contributed by atoms with Gasteiger partial charge in [-0.25, -0.2) is 15.0 Å². The Balaban J connectivity index is 1.21. The SMILES string of the molecule is N=C(N=c1[nH]c2ccccc2nc1-c1ccccc1)c1ccccc1-c1ccc2ccc3ccc4nc(-c5ccccc5)sc4c3c2c1. The van der Waals surface area contributed by atoms with E-state index in [0.717, 1.165) is 60.1 Å². The van der Waals surface area contributed by atoms with Crippen molar-refractivity contribution in [2.24, 2.45) is 4.99 Å². The molecular weight excluding hydrogens is 607 g/mol. The summed E-state index contributed by atoms with van der Waals surface area (Å²) < 4.78 is 1.18. The van der Waals surface area contributed by atoms with Crippen LogP contribution < -0.4 is 5.49 Å². The first kappa shape index (κ1) is 28.0. The van der Waals surface area contributed by atoms with Gasteiger partial charge in [-0.05, 0) is 51.6 Å². The predicted octanol–water partition coefficient (Wildman–Crippen LogP) is 10.4. The first-order valence-corrected chi connectivity index (χ1v) is 16.6. The second-order valence-corrected chi connectivity index (χ2v) is 12.7. The molecule has 0 amide bonds. The zero-order valence-corrected chi connectivity index (χ0v) is 26.5. The molecule has 2 heterocycles. The maximum Gasteiger partial charge on any atom is 0.159 e. The van der Waals surface area contributed by atoms with Crippen LogP contribution >= 0.6 is 11.3 Å². The number of nitrogens with zero attached hydrogens (tertiary/aromatic N) is 3. The van der Waals surface area contributed by atoms with E-state index in [-0.39, 0.29) is 5.84 Å². The fourth-order valence-corrected chi connectivity index (χ4v) is 7.56. The van der Waals surface area contributed by atoms with Crippen molar-refractivity contribution in [3.8, 4) is 33.0 Å². The van der Waals surface area contributed by atoms with Gasteiger partial charge in [0.25, 0.3) is 0 Å². The highest BCUT2D eigenvalue weighted by molar-refractivity contribution is 7.22. The molecule has 9 aromatic rings. The van der Waals surface area contributed by atoms with Crippen molar-refractivity contribution in [3.63, 3.8) is 0 Å². The molecule has 226 valence electrons. The van der Waals surface area contributed by atoms with Crippen LogP contribution in [-0.2, 0) is 0 Å². The maximum absolute atomic E-state index is 9.29. The van der Waals surface area contributed by atoms with E-state index in [2.05, 4.69) is 77.8 Å². The largest absolute Gasteiger partial charge is 0.337 e. The molecule has 2 N–H and O–H groups in total. The summed E-state index contributed by atoms with van der Waals surface area (Å²) in [5.41, 5.74) is 8.74. The number of aromatic amines is 1. The van der Waals surface area contributed by atoms with Crippen LogP contribution in [0, 0.1) is 5.41 Å². The second kappa shape index (κ2) is 11.5. The average Bonchev–Trinajstić information content (AvgIpc) is 3.60. The van der Waals surface area contributed by atoms with Crippen molar-refractivity contribution in [3.05, 3.63) is 163 Å². The third-order valence-electron chi connectivity index (χ3n) is 8.75. The van der Waals surface area contributed by atoms with Gasteiger partial charge in [-0.2, -0.15) is 0 Å². The smallest absolute Gasteiger partial charge is 0.159 e. The first-order valence-electron chi connectivity index (χ1n) is 15.8. The first-order chi connectivity index (χ1) is 23.7. The molecule has 0 atom stereocenters. The van der Waals surface area contributed by atoms with E-state index in [1.54, 1.807) is 11.3 Å². The van der Waals surface area contributed by atoms with Gasteiger partial charge in [0.15, 0.2) is 11.3 Å². The molecule has 9 rings (SSSR count). The number of amidine groups is 1. The number of para-hydroxylation sites is 2. The van der Waals surface area contributed by atoms with Gasteiger partial charge in [-0.3, -0.25) is 5.41 Å². The highest BCUT2D eigenvalue weighted by Crippen LogP contribution is 2.40. The lowest BCUT2D eigenvalue weighted by atomic mass is 9.94.